The predicted octanol–water partition coefficient (Wildman–Crippen LogP) is 12.2. The monoisotopic (exact) mass is 749 g/mol. The van der Waals surface area contributed by atoms with Crippen molar-refractivity contribution in [3.8, 4) is 23.0 Å². The number of rotatable bonds is 12. The molecule has 4 aromatic rings. The minimum absolute atomic E-state index is 0.0475. The van der Waals surface area contributed by atoms with E-state index in [0.29, 0.717) is 44.5 Å². The molecule has 0 radical (unpaired) electrons. The maximum atomic E-state index is 12.2. The largest absolute Gasteiger partial charge is 0.507 e. The summed E-state index contributed by atoms with van der Waals surface area (Å²) in [4.78, 5) is 11.7. The number of unbranched alkanes of at least 4 members (excludes halogenated alkanes) is 9. The molecule has 0 aliphatic heterocycles. The molecule has 0 saturated carbocycles. The van der Waals surface area contributed by atoms with E-state index in [0.717, 1.165) is 36.0 Å². The Morgan fingerprint density at radius 1 is 0.491 bits per heavy atom. The first-order valence-electron chi connectivity index (χ1n) is 20.5. The molecule has 4 aromatic carbocycles. The minimum Gasteiger partial charge on any atom is -0.507 e. The van der Waals surface area contributed by atoms with Crippen LogP contribution in [0.1, 0.15) is 174 Å². The van der Waals surface area contributed by atoms with Crippen molar-refractivity contribution < 1.29 is 25.3 Å². The Labute approximate surface area is 328 Å². The van der Waals surface area contributed by atoms with Crippen LogP contribution in [0, 0.1) is 10.1 Å². The zero-order valence-corrected chi connectivity index (χ0v) is 34.3. The highest BCUT2D eigenvalue weighted by Gasteiger charge is 2.26. The number of benzene rings is 4. The van der Waals surface area contributed by atoms with E-state index in [9.17, 15) is 30.5 Å². The van der Waals surface area contributed by atoms with Gasteiger partial charge in [-0.2, -0.15) is 0 Å². The van der Waals surface area contributed by atoms with Gasteiger partial charge in [-0.15, -0.1) is 0 Å². The van der Waals surface area contributed by atoms with Crippen LogP contribution in [-0.4, -0.2) is 25.3 Å². The van der Waals surface area contributed by atoms with E-state index >= 15 is 0 Å². The van der Waals surface area contributed by atoms with Crippen LogP contribution in [0.5, 0.6) is 23.0 Å². The number of nitro benzene ring substituents is 1. The van der Waals surface area contributed by atoms with E-state index in [1.165, 1.54) is 63.5 Å². The summed E-state index contributed by atoms with van der Waals surface area (Å²) >= 11 is 0. The number of aromatic hydroxyl groups is 4. The van der Waals surface area contributed by atoms with Crippen LogP contribution in [0.3, 0.4) is 0 Å². The molecule has 7 nitrogen and oxygen atoms in total. The number of aryl methyl sites for hydroxylation is 1. The van der Waals surface area contributed by atoms with Gasteiger partial charge >= 0.3 is 0 Å². The van der Waals surface area contributed by atoms with Crippen molar-refractivity contribution in [2.24, 2.45) is 0 Å². The number of fused-ring (bicyclic) bond motifs is 8. The van der Waals surface area contributed by atoms with Crippen molar-refractivity contribution >= 4 is 5.69 Å². The quantitative estimate of drug-likeness (QED) is 0.0572. The first-order chi connectivity index (χ1) is 26.0. The Bertz CT molecular complexity index is 1880. The Morgan fingerprint density at radius 2 is 0.782 bits per heavy atom. The van der Waals surface area contributed by atoms with E-state index in [1.807, 2.05) is 24.3 Å². The van der Waals surface area contributed by atoms with Crippen molar-refractivity contribution in [3.05, 3.63) is 120 Å². The molecule has 1 aliphatic rings. The number of hydrogen-bond donors (Lipinski definition) is 4. The fourth-order valence-corrected chi connectivity index (χ4v) is 7.92. The Balaban J connectivity index is 1.62. The smallest absolute Gasteiger partial charge is 0.270 e. The normalized spacial score (nSPS) is 13.2. The molecule has 55 heavy (non-hydrogen) atoms. The third-order valence-corrected chi connectivity index (χ3v) is 11.4. The van der Waals surface area contributed by atoms with Crippen molar-refractivity contribution in [2.75, 3.05) is 0 Å². The Kier molecular flexibility index (Phi) is 13.3. The van der Waals surface area contributed by atoms with Crippen LogP contribution < -0.4 is 0 Å². The summed E-state index contributed by atoms with van der Waals surface area (Å²) < 4.78 is 0. The highest BCUT2D eigenvalue weighted by Crippen LogP contribution is 2.42. The summed E-state index contributed by atoms with van der Waals surface area (Å²) in [5, 5.41) is 59.6. The lowest BCUT2D eigenvalue weighted by Crippen LogP contribution is -2.13. The van der Waals surface area contributed by atoms with Gasteiger partial charge in [0.15, 0.2) is 0 Å². The first-order valence-corrected chi connectivity index (χ1v) is 20.5. The summed E-state index contributed by atoms with van der Waals surface area (Å²) in [7, 11) is 0. The molecule has 296 valence electrons. The zero-order valence-electron chi connectivity index (χ0n) is 34.3. The lowest BCUT2D eigenvalue weighted by Gasteiger charge is -2.24. The van der Waals surface area contributed by atoms with Crippen LogP contribution in [0.2, 0.25) is 0 Å². The van der Waals surface area contributed by atoms with Gasteiger partial charge < -0.3 is 20.4 Å². The first kappa shape index (κ1) is 41.6. The van der Waals surface area contributed by atoms with E-state index < -0.39 is 4.92 Å². The predicted molar refractivity (Wildman–Crippen MR) is 223 cm³/mol. The van der Waals surface area contributed by atoms with E-state index in [-0.39, 0.29) is 65.2 Å². The average Bonchev–Trinajstić information content (AvgIpc) is 3.10. The molecule has 5 rings (SSSR count). The van der Waals surface area contributed by atoms with Crippen LogP contribution in [-0.2, 0) is 42.9 Å². The minimum atomic E-state index is -0.471. The summed E-state index contributed by atoms with van der Waals surface area (Å²) in [6, 6.07) is 14.7. The standard InChI is InChI=1S/C48H63NO6/c1-8-9-10-11-12-13-14-15-16-17-18-31-19-32-21-34-25-40(47(2,3)4)27-36(44(34)51)23-38-29-42(49(54)55)30-39(46(38)53)24-37-28-41(48(5,6)7)26-35(45(37)52)22-33(20-31)43(32)50/h19-20,25-30,50-53H,8-18,21-24H2,1-7H3. The molecule has 0 amide bonds. The second-order valence-electron chi connectivity index (χ2n) is 18.1. The third kappa shape index (κ3) is 10.4. The van der Waals surface area contributed by atoms with Crippen molar-refractivity contribution in [2.45, 2.75) is 156 Å². The lowest BCUT2D eigenvalue weighted by atomic mass is 9.81. The Hall–Kier alpha value is -4.52. The Morgan fingerprint density at radius 3 is 1.09 bits per heavy atom. The number of hydrogen-bond acceptors (Lipinski definition) is 6. The molecule has 7 heteroatoms. The van der Waals surface area contributed by atoms with Gasteiger partial charge in [0, 0.05) is 48.9 Å². The summed E-state index contributed by atoms with van der Waals surface area (Å²) in [6.07, 6.45) is 14.0. The van der Waals surface area contributed by atoms with Gasteiger partial charge in [0.2, 0.25) is 0 Å². The number of phenolic OH excluding ortho intramolecular Hbond substituents is 4. The molecule has 1 aliphatic carbocycles. The SMILES string of the molecule is CCCCCCCCCCCCc1cc2c(O)c(c1)Cc1cc(C(C)(C)C)cc(c1O)Cc1cc([N+](=O)[O-])cc(c1O)Cc1cc(C(C)(C)C)cc(c1O)C2. The number of phenols is 4. The fourth-order valence-electron chi connectivity index (χ4n) is 7.92. The molecule has 0 aromatic heterocycles. The molecule has 0 fully saturated rings. The van der Waals surface area contributed by atoms with Gasteiger partial charge in [-0.25, -0.2) is 0 Å². The second-order valence-corrected chi connectivity index (χ2v) is 18.1. The van der Waals surface area contributed by atoms with Crippen LogP contribution in [0.4, 0.5) is 5.69 Å². The van der Waals surface area contributed by atoms with Crippen molar-refractivity contribution in [1.82, 2.24) is 0 Å². The van der Waals surface area contributed by atoms with Gasteiger partial charge in [-0.1, -0.05) is 143 Å². The summed E-state index contributed by atoms with van der Waals surface area (Å²) in [5.41, 5.74) is 6.70. The third-order valence-electron chi connectivity index (χ3n) is 11.4. The van der Waals surface area contributed by atoms with Crippen molar-refractivity contribution in [1.29, 1.82) is 0 Å². The molecular formula is C48H63NO6. The zero-order chi connectivity index (χ0) is 40.1. The molecule has 0 heterocycles. The highest BCUT2D eigenvalue weighted by atomic mass is 16.6. The second kappa shape index (κ2) is 17.5. The van der Waals surface area contributed by atoms with Gasteiger partial charge in [0.1, 0.15) is 23.0 Å². The maximum Gasteiger partial charge on any atom is 0.270 e. The number of nitro groups is 1. The van der Waals surface area contributed by atoms with Crippen LogP contribution >= 0.6 is 0 Å². The van der Waals surface area contributed by atoms with Crippen molar-refractivity contribution in [3.63, 3.8) is 0 Å². The topological polar surface area (TPSA) is 124 Å². The molecule has 8 bridgehead atoms. The fraction of sp³-hybridized carbons (Fsp3) is 0.500. The van der Waals surface area contributed by atoms with E-state index in [4.69, 9.17) is 0 Å². The van der Waals surface area contributed by atoms with Gasteiger partial charge in [-0.05, 0) is 73.7 Å². The molecular weight excluding hydrogens is 687 g/mol. The maximum absolute atomic E-state index is 12.2. The molecule has 0 atom stereocenters. The summed E-state index contributed by atoms with van der Waals surface area (Å²) in [5.74, 6) is 0.153. The number of non-ortho nitro benzene ring substituents is 1. The number of nitrogens with zero attached hydrogens (tertiary/aromatic N) is 1. The van der Waals surface area contributed by atoms with Gasteiger partial charge in [-0.3, -0.25) is 10.1 Å². The van der Waals surface area contributed by atoms with Gasteiger partial charge in [0.05, 0.1) is 4.92 Å². The molecule has 0 unspecified atom stereocenters. The molecule has 0 saturated heterocycles. The van der Waals surface area contributed by atoms with Gasteiger partial charge in [0.25, 0.3) is 5.69 Å². The average molecular weight is 750 g/mol. The molecule has 0 spiro atoms. The summed E-state index contributed by atoms with van der Waals surface area (Å²) in [6.45, 7) is 14.8. The van der Waals surface area contributed by atoms with Crippen LogP contribution in [0.25, 0.3) is 0 Å². The van der Waals surface area contributed by atoms with Crippen LogP contribution in [0.15, 0.2) is 48.5 Å². The lowest BCUT2D eigenvalue weighted by molar-refractivity contribution is -0.385. The van der Waals surface area contributed by atoms with E-state index in [2.05, 4.69) is 60.6 Å². The molecule has 4 N–H and O–H groups in total. The van der Waals surface area contributed by atoms with E-state index in [1.54, 1.807) is 0 Å². The highest BCUT2D eigenvalue weighted by molar-refractivity contribution is 5.59.